The summed E-state index contributed by atoms with van der Waals surface area (Å²) in [5.74, 6) is 0.733. The number of ether oxygens (including phenoxy) is 3. The van der Waals surface area contributed by atoms with Crippen LogP contribution in [0, 0.1) is 11.8 Å². The molecule has 4 aromatic carbocycles. The smallest absolute Gasteiger partial charge is 0.264 e. The molecule has 4 aliphatic rings. The van der Waals surface area contributed by atoms with E-state index in [0.717, 1.165) is 53.1 Å². The first-order valence-electron chi connectivity index (χ1n) is 20.9. The van der Waals surface area contributed by atoms with Crippen molar-refractivity contribution in [3.63, 3.8) is 0 Å². The third-order valence-electron chi connectivity index (χ3n) is 13.5. The van der Waals surface area contributed by atoms with Gasteiger partial charge in [-0.15, -0.1) is 0 Å². The molecule has 2 saturated heterocycles. The van der Waals surface area contributed by atoms with Gasteiger partial charge in [0.1, 0.15) is 11.5 Å². The number of carbonyl (C=O) groups is 3. The Balaban J connectivity index is 1.13. The summed E-state index contributed by atoms with van der Waals surface area (Å²) in [4.78, 5) is 46.6. The van der Waals surface area contributed by atoms with Crippen LogP contribution in [0.3, 0.4) is 0 Å². The lowest BCUT2D eigenvalue weighted by Crippen LogP contribution is -2.52. The average Bonchev–Trinajstić information content (AvgIpc) is 3.69. The fourth-order valence-corrected chi connectivity index (χ4v) is 14.3. The average molecular weight is 817 g/mol. The molecule has 0 aromatic heterocycles. The number of fused-ring (bicyclic) bond motifs is 3. The van der Waals surface area contributed by atoms with Gasteiger partial charge in [0, 0.05) is 30.3 Å². The van der Waals surface area contributed by atoms with Gasteiger partial charge in [-0.05, 0) is 90.5 Å². The Morgan fingerprint density at radius 2 is 1.68 bits per heavy atom. The molecule has 2 fully saturated rings. The fraction of sp³-hybridized carbons (Fsp3) is 0.426. The van der Waals surface area contributed by atoms with E-state index in [1.807, 2.05) is 72.8 Å². The van der Waals surface area contributed by atoms with Gasteiger partial charge in [0.25, 0.3) is 5.91 Å². The molecule has 3 N–H and O–H groups in total. The predicted octanol–water partition coefficient (Wildman–Crippen LogP) is 5.74. The Morgan fingerprint density at radius 1 is 0.966 bits per heavy atom. The standard InChI is InChI=1S/C47H56N4O7Si/c1-30-44(59(4,5)39-19-16-37(56-2)17-20-39)42(25-43(53)50-28-34-10-7-6-9-32(34)23-36(50)29-52)58-47(30)40-24-38(57-3)18-21-41(40)51(46(47)55)27-31-12-14-35(15-13-31)49-45(54)33-11-8-22-48-26-33/h6-7,9-10,12-21,24,30,33,36,42,44,48,52H,8,11,22-23,25-29H2,1-5H3,(H,49,54)/t30-,33?,36+,42+,44-,47+/m1/s1. The number of rotatable bonds is 11. The number of nitrogens with one attached hydrogen (secondary N) is 2. The minimum atomic E-state index is -2.54. The number of aliphatic hydroxyl groups excluding tert-OH is 1. The summed E-state index contributed by atoms with van der Waals surface area (Å²) in [5, 5.41) is 18.1. The molecule has 59 heavy (non-hydrogen) atoms. The molecule has 0 bridgehead atoms. The summed E-state index contributed by atoms with van der Waals surface area (Å²) in [6.45, 7) is 8.89. The van der Waals surface area contributed by atoms with Gasteiger partial charge in [0.05, 0.1) is 65.6 Å². The highest BCUT2D eigenvalue weighted by Crippen LogP contribution is 2.60. The van der Waals surface area contributed by atoms with E-state index in [0.29, 0.717) is 30.9 Å². The number of nitrogens with zero attached hydrogens (tertiary/aromatic N) is 2. The second-order valence-electron chi connectivity index (χ2n) is 17.2. The van der Waals surface area contributed by atoms with Gasteiger partial charge in [-0.25, -0.2) is 0 Å². The quantitative estimate of drug-likeness (QED) is 0.164. The summed E-state index contributed by atoms with van der Waals surface area (Å²) in [7, 11) is 0.725. The number of piperidine rings is 1. The normalized spacial score (nSPS) is 25.1. The van der Waals surface area contributed by atoms with Crippen LogP contribution in [0.25, 0.3) is 0 Å². The molecule has 11 nitrogen and oxygen atoms in total. The second kappa shape index (κ2) is 16.6. The van der Waals surface area contributed by atoms with E-state index in [-0.39, 0.29) is 60.7 Å². The van der Waals surface area contributed by atoms with Crippen molar-refractivity contribution in [3.8, 4) is 11.5 Å². The number of carbonyl (C=O) groups excluding carboxylic acids is 3. The molecule has 3 amide bonds. The third-order valence-corrected chi connectivity index (χ3v) is 17.9. The van der Waals surface area contributed by atoms with Crippen LogP contribution in [0.2, 0.25) is 18.6 Å². The molecule has 310 valence electrons. The summed E-state index contributed by atoms with van der Waals surface area (Å²) >= 11 is 0. The number of hydrogen-bond acceptors (Lipinski definition) is 8. The van der Waals surface area contributed by atoms with Crippen LogP contribution in [-0.4, -0.2) is 81.9 Å². The highest BCUT2D eigenvalue weighted by molar-refractivity contribution is 6.91. The molecule has 0 aliphatic carbocycles. The molecule has 4 aromatic rings. The molecule has 0 saturated carbocycles. The molecule has 8 rings (SSSR count). The van der Waals surface area contributed by atoms with Crippen molar-refractivity contribution in [1.82, 2.24) is 10.2 Å². The summed E-state index contributed by atoms with van der Waals surface area (Å²) in [5.41, 5.74) is 3.77. The van der Waals surface area contributed by atoms with E-state index in [1.165, 1.54) is 5.19 Å². The SMILES string of the molecule is COc1ccc([Si](C)(C)[C@H]2[C@H](CC(=O)N3Cc4ccccc4C[C@H]3CO)O[C@@]3(C(=O)N(Cc4ccc(NC(=O)C5CCCNC5)cc4)c4ccc(OC)cc43)[C@@H]2C)cc1. The Labute approximate surface area is 348 Å². The van der Waals surface area contributed by atoms with E-state index >= 15 is 4.79 Å². The summed E-state index contributed by atoms with van der Waals surface area (Å²) < 4.78 is 18.6. The Kier molecular flexibility index (Phi) is 11.4. The van der Waals surface area contributed by atoms with Crippen molar-refractivity contribution in [1.29, 1.82) is 0 Å². The van der Waals surface area contributed by atoms with Gasteiger partial charge in [0.15, 0.2) is 5.60 Å². The van der Waals surface area contributed by atoms with Crippen molar-refractivity contribution in [2.75, 3.05) is 44.1 Å². The lowest BCUT2D eigenvalue weighted by Gasteiger charge is -2.39. The molecular formula is C47H56N4O7Si. The van der Waals surface area contributed by atoms with Gasteiger partial charge in [-0.2, -0.15) is 0 Å². The molecule has 4 aliphatic heterocycles. The first-order valence-corrected chi connectivity index (χ1v) is 24.0. The van der Waals surface area contributed by atoms with Crippen LogP contribution in [0.4, 0.5) is 11.4 Å². The van der Waals surface area contributed by atoms with Crippen molar-refractivity contribution in [3.05, 3.63) is 113 Å². The zero-order valence-corrected chi connectivity index (χ0v) is 35.7. The van der Waals surface area contributed by atoms with Crippen LogP contribution in [0.5, 0.6) is 11.5 Å². The van der Waals surface area contributed by atoms with Crippen molar-refractivity contribution >= 4 is 42.4 Å². The number of benzene rings is 4. The largest absolute Gasteiger partial charge is 0.497 e. The van der Waals surface area contributed by atoms with E-state index in [2.05, 4.69) is 48.9 Å². The number of hydrogen-bond donors (Lipinski definition) is 3. The molecule has 0 radical (unpaired) electrons. The maximum atomic E-state index is 15.4. The first kappa shape index (κ1) is 40.8. The van der Waals surface area contributed by atoms with Crippen molar-refractivity contribution in [2.45, 2.75) is 82.1 Å². The second-order valence-corrected chi connectivity index (χ2v) is 21.9. The zero-order chi connectivity index (χ0) is 41.5. The molecule has 12 heteroatoms. The molecular weight excluding hydrogens is 761 g/mol. The zero-order valence-electron chi connectivity index (χ0n) is 34.7. The first-order chi connectivity index (χ1) is 28.5. The molecule has 1 spiro atoms. The monoisotopic (exact) mass is 816 g/mol. The number of anilines is 2. The summed E-state index contributed by atoms with van der Waals surface area (Å²) in [6, 6.07) is 29.3. The maximum Gasteiger partial charge on any atom is 0.264 e. The van der Waals surface area contributed by atoms with Gasteiger partial charge in [-0.1, -0.05) is 73.7 Å². The van der Waals surface area contributed by atoms with E-state index in [1.54, 1.807) is 24.0 Å². The number of methoxy groups -OCH3 is 2. The van der Waals surface area contributed by atoms with Crippen LogP contribution >= 0.6 is 0 Å². The number of amides is 3. The van der Waals surface area contributed by atoms with Gasteiger partial charge in [-0.3, -0.25) is 14.4 Å². The van der Waals surface area contributed by atoms with Gasteiger partial charge >= 0.3 is 0 Å². The van der Waals surface area contributed by atoms with Crippen molar-refractivity contribution in [2.24, 2.45) is 11.8 Å². The van der Waals surface area contributed by atoms with Crippen molar-refractivity contribution < 1.29 is 33.7 Å². The predicted molar refractivity (Wildman–Crippen MR) is 231 cm³/mol. The minimum absolute atomic E-state index is 0.0116. The van der Waals surface area contributed by atoms with Crippen LogP contribution in [0.15, 0.2) is 91.0 Å². The highest BCUT2D eigenvalue weighted by atomic mass is 28.3. The fourth-order valence-electron chi connectivity index (χ4n) is 10.3. The highest BCUT2D eigenvalue weighted by Gasteiger charge is 2.66. The Hall–Kier alpha value is -5.01. The van der Waals surface area contributed by atoms with Crippen LogP contribution in [0.1, 0.15) is 48.4 Å². The van der Waals surface area contributed by atoms with Crippen LogP contribution < -0.4 is 30.2 Å². The lowest BCUT2D eigenvalue weighted by atomic mass is 9.82. The molecule has 6 atom stereocenters. The lowest BCUT2D eigenvalue weighted by molar-refractivity contribution is -0.151. The summed E-state index contributed by atoms with van der Waals surface area (Å²) in [6.07, 6.45) is 1.90. The number of aliphatic hydroxyl groups is 1. The minimum Gasteiger partial charge on any atom is -0.497 e. The maximum absolute atomic E-state index is 15.4. The van der Waals surface area contributed by atoms with E-state index in [4.69, 9.17) is 14.2 Å². The van der Waals surface area contributed by atoms with E-state index < -0.39 is 19.8 Å². The Bertz CT molecular complexity index is 2190. The molecule has 1 unspecified atom stereocenters. The topological polar surface area (TPSA) is 130 Å². The molecule has 4 heterocycles. The van der Waals surface area contributed by atoms with Gasteiger partial charge < -0.3 is 39.8 Å². The Morgan fingerprint density at radius 3 is 2.36 bits per heavy atom. The van der Waals surface area contributed by atoms with Gasteiger partial charge in [0.2, 0.25) is 11.8 Å². The third kappa shape index (κ3) is 7.45. The van der Waals surface area contributed by atoms with Crippen LogP contribution in [-0.2, 0) is 44.2 Å². The van der Waals surface area contributed by atoms with E-state index in [9.17, 15) is 14.7 Å².